The number of hydrogen-bond acceptors (Lipinski definition) is 4. The van der Waals surface area contributed by atoms with Gasteiger partial charge in [-0.05, 0) is 18.6 Å². The number of aryl methyl sites for hydroxylation is 1. The molecule has 0 spiro atoms. The standard InChI is InChI=1S/C15H18N4O2/c1-18(2)12-5-3-4-10(8-12)14-17-16-13-7-6-11(15(20)21)9-19(13)14/h3-5,8,11H,6-7,9H2,1-2H3,(H,20,21). The van der Waals surface area contributed by atoms with Gasteiger partial charge in [0.1, 0.15) is 5.82 Å². The zero-order valence-corrected chi connectivity index (χ0v) is 12.2. The first-order valence-electron chi connectivity index (χ1n) is 6.99. The van der Waals surface area contributed by atoms with E-state index in [-0.39, 0.29) is 5.92 Å². The van der Waals surface area contributed by atoms with Crippen LogP contribution in [0.1, 0.15) is 12.2 Å². The number of fused-ring (bicyclic) bond motifs is 1. The van der Waals surface area contributed by atoms with E-state index in [1.807, 2.05) is 47.8 Å². The highest BCUT2D eigenvalue weighted by Crippen LogP contribution is 2.27. The Hall–Kier alpha value is -2.37. The van der Waals surface area contributed by atoms with Crippen molar-refractivity contribution in [1.29, 1.82) is 0 Å². The van der Waals surface area contributed by atoms with Crippen LogP contribution in [0.4, 0.5) is 5.69 Å². The zero-order valence-electron chi connectivity index (χ0n) is 12.2. The van der Waals surface area contributed by atoms with Crippen molar-refractivity contribution in [3.05, 3.63) is 30.1 Å². The quantitative estimate of drug-likeness (QED) is 0.929. The van der Waals surface area contributed by atoms with Crippen molar-refractivity contribution in [1.82, 2.24) is 14.8 Å². The number of carbonyl (C=O) groups is 1. The predicted molar refractivity (Wildman–Crippen MR) is 79.2 cm³/mol. The van der Waals surface area contributed by atoms with Crippen molar-refractivity contribution in [2.75, 3.05) is 19.0 Å². The fourth-order valence-corrected chi connectivity index (χ4v) is 2.67. The number of rotatable bonds is 3. The lowest BCUT2D eigenvalue weighted by Crippen LogP contribution is -2.27. The molecule has 6 heteroatoms. The summed E-state index contributed by atoms with van der Waals surface area (Å²) in [6, 6.07) is 8.02. The maximum Gasteiger partial charge on any atom is 0.308 e. The molecule has 0 aliphatic carbocycles. The Morgan fingerprint density at radius 1 is 1.38 bits per heavy atom. The van der Waals surface area contributed by atoms with E-state index in [1.54, 1.807) is 0 Å². The highest BCUT2D eigenvalue weighted by atomic mass is 16.4. The van der Waals surface area contributed by atoms with Crippen LogP contribution in [0, 0.1) is 5.92 Å². The number of nitrogens with zero attached hydrogens (tertiary/aromatic N) is 4. The molecule has 1 aromatic heterocycles. The first kappa shape index (κ1) is 13.6. The Morgan fingerprint density at radius 2 is 2.19 bits per heavy atom. The summed E-state index contributed by atoms with van der Waals surface area (Å²) in [6.45, 7) is 0.444. The largest absolute Gasteiger partial charge is 0.481 e. The number of aromatic nitrogens is 3. The van der Waals surface area contributed by atoms with Crippen LogP contribution < -0.4 is 4.90 Å². The molecule has 0 radical (unpaired) electrons. The molecule has 1 N–H and O–H groups in total. The number of aliphatic carboxylic acids is 1. The predicted octanol–water partition coefficient (Wildman–Crippen LogP) is 1.66. The Morgan fingerprint density at radius 3 is 2.90 bits per heavy atom. The Labute approximate surface area is 123 Å². The highest BCUT2D eigenvalue weighted by molar-refractivity contribution is 5.70. The summed E-state index contributed by atoms with van der Waals surface area (Å²) in [7, 11) is 3.97. The lowest BCUT2D eigenvalue weighted by atomic mass is 9.99. The first-order chi connectivity index (χ1) is 10.1. The van der Waals surface area contributed by atoms with Crippen LogP contribution >= 0.6 is 0 Å². The minimum absolute atomic E-state index is 0.357. The molecular weight excluding hydrogens is 268 g/mol. The van der Waals surface area contributed by atoms with Crippen LogP contribution in [-0.2, 0) is 17.8 Å². The number of carboxylic acid groups (broad SMARTS) is 1. The lowest BCUT2D eigenvalue weighted by molar-refractivity contribution is -0.142. The SMILES string of the molecule is CN(C)c1cccc(-c2nnc3n2CC(C(=O)O)CC3)c1. The molecule has 110 valence electrons. The van der Waals surface area contributed by atoms with Crippen LogP contribution in [0.3, 0.4) is 0 Å². The molecule has 6 nitrogen and oxygen atoms in total. The van der Waals surface area contributed by atoms with Gasteiger partial charge in [-0.2, -0.15) is 0 Å². The third kappa shape index (κ3) is 2.49. The summed E-state index contributed by atoms with van der Waals surface area (Å²) in [4.78, 5) is 13.2. The van der Waals surface area contributed by atoms with Crippen LogP contribution in [0.15, 0.2) is 24.3 Å². The molecule has 0 fully saturated rings. The molecule has 2 aromatic rings. The number of benzene rings is 1. The molecule has 2 heterocycles. The second-order valence-electron chi connectivity index (χ2n) is 5.57. The molecule has 0 amide bonds. The molecule has 0 saturated carbocycles. The monoisotopic (exact) mass is 286 g/mol. The van der Waals surface area contributed by atoms with Gasteiger partial charge >= 0.3 is 5.97 Å². The number of hydrogen-bond donors (Lipinski definition) is 1. The summed E-state index contributed by atoms with van der Waals surface area (Å²) >= 11 is 0. The average molecular weight is 286 g/mol. The van der Waals surface area contributed by atoms with Gasteiger partial charge in [-0.3, -0.25) is 4.79 Å². The third-order valence-electron chi connectivity index (χ3n) is 3.92. The molecule has 0 bridgehead atoms. The molecular formula is C15H18N4O2. The molecule has 21 heavy (non-hydrogen) atoms. The number of anilines is 1. The highest BCUT2D eigenvalue weighted by Gasteiger charge is 2.27. The first-order valence-corrected chi connectivity index (χ1v) is 6.99. The van der Waals surface area contributed by atoms with Gasteiger partial charge in [-0.15, -0.1) is 10.2 Å². The number of carboxylic acids is 1. The van der Waals surface area contributed by atoms with E-state index in [9.17, 15) is 9.90 Å². The Bertz CT molecular complexity index is 678. The molecule has 1 aromatic carbocycles. The maximum absolute atomic E-state index is 11.2. The van der Waals surface area contributed by atoms with E-state index in [2.05, 4.69) is 10.2 Å². The van der Waals surface area contributed by atoms with E-state index in [0.717, 1.165) is 22.9 Å². The smallest absolute Gasteiger partial charge is 0.308 e. The van der Waals surface area contributed by atoms with Crippen molar-refractivity contribution in [2.24, 2.45) is 5.92 Å². The fraction of sp³-hybridized carbons (Fsp3) is 0.400. The summed E-state index contributed by atoms with van der Waals surface area (Å²) in [6.07, 6.45) is 1.29. The molecule has 1 aliphatic rings. The van der Waals surface area contributed by atoms with Gasteiger partial charge in [0.25, 0.3) is 0 Å². The minimum atomic E-state index is -0.748. The second-order valence-corrected chi connectivity index (χ2v) is 5.57. The van der Waals surface area contributed by atoms with Gasteiger partial charge < -0.3 is 14.6 Å². The van der Waals surface area contributed by atoms with Crippen molar-refractivity contribution < 1.29 is 9.90 Å². The Balaban J connectivity index is 1.99. The van der Waals surface area contributed by atoms with Gasteiger partial charge in [-0.1, -0.05) is 12.1 Å². The summed E-state index contributed by atoms with van der Waals surface area (Å²) in [5.74, 6) is 0.518. The zero-order chi connectivity index (χ0) is 15.0. The molecule has 3 rings (SSSR count). The fourth-order valence-electron chi connectivity index (χ4n) is 2.67. The van der Waals surface area contributed by atoms with E-state index in [4.69, 9.17) is 0 Å². The van der Waals surface area contributed by atoms with Crippen LogP contribution in [0.2, 0.25) is 0 Å². The average Bonchev–Trinajstić information content (AvgIpc) is 2.90. The lowest BCUT2D eigenvalue weighted by Gasteiger charge is -2.21. The van der Waals surface area contributed by atoms with E-state index in [1.165, 1.54) is 0 Å². The third-order valence-corrected chi connectivity index (χ3v) is 3.92. The van der Waals surface area contributed by atoms with Gasteiger partial charge in [0.2, 0.25) is 0 Å². The molecule has 0 saturated heterocycles. The second kappa shape index (κ2) is 5.20. The van der Waals surface area contributed by atoms with E-state index < -0.39 is 5.97 Å². The summed E-state index contributed by atoms with van der Waals surface area (Å²) in [5.41, 5.74) is 2.04. The molecule has 1 unspecified atom stereocenters. The topological polar surface area (TPSA) is 71.2 Å². The van der Waals surface area contributed by atoms with Gasteiger partial charge in [-0.25, -0.2) is 0 Å². The normalized spacial score (nSPS) is 17.3. The minimum Gasteiger partial charge on any atom is -0.481 e. The van der Waals surface area contributed by atoms with Crippen LogP contribution in [-0.4, -0.2) is 39.9 Å². The van der Waals surface area contributed by atoms with Crippen molar-refractivity contribution in [3.63, 3.8) is 0 Å². The van der Waals surface area contributed by atoms with Crippen molar-refractivity contribution in [3.8, 4) is 11.4 Å². The van der Waals surface area contributed by atoms with Crippen molar-refractivity contribution >= 4 is 11.7 Å². The molecule has 1 atom stereocenters. The summed E-state index contributed by atoms with van der Waals surface area (Å²) in [5, 5.41) is 17.7. The van der Waals surface area contributed by atoms with E-state index in [0.29, 0.717) is 19.4 Å². The summed E-state index contributed by atoms with van der Waals surface area (Å²) < 4.78 is 1.94. The van der Waals surface area contributed by atoms with Gasteiger partial charge in [0.15, 0.2) is 5.82 Å². The maximum atomic E-state index is 11.2. The Kier molecular flexibility index (Phi) is 3.37. The van der Waals surface area contributed by atoms with E-state index >= 15 is 0 Å². The van der Waals surface area contributed by atoms with Crippen LogP contribution in [0.5, 0.6) is 0 Å². The van der Waals surface area contributed by atoms with Crippen molar-refractivity contribution in [2.45, 2.75) is 19.4 Å². The van der Waals surface area contributed by atoms with Gasteiger partial charge in [0, 0.05) is 38.3 Å². The van der Waals surface area contributed by atoms with Crippen LogP contribution in [0.25, 0.3) is 11.4 Å². The van der Waals surface area contributed by atoms with Gasteiger partial charge in [0.05, 0.1) is 5.92 Å². The molecule has 1 aliphatic heterocycles.